The standard InChI is InChI=1S/C18H23N5O2/c1-22-8-6-12(7-9-22)16-19-17(21-20-16)18(25)23-10-13(11-24)14-4-2-3-5-15(14)23/h2-5,12-13,24H,6-11H2,1H3,(H,19,20,21). The summed E-state index contributed by atoms with van der Waals surface area (Å²) in [4.78, 5) is 21.4. The maximum Gasteiger partial charge on any atom is 0.297 e. The lowest BCUT2D eigenvalue weighted by atomic mass is 9.97. The average Bonchev–Trinajstić information content (AvgIpc) is 3.27. The summed E-state index contributed by atoms with van der Waals surface area (Å²) in [6, 6.07) is 7.71. The molecular formula is C18H23N5O2. The predicted molar refractivity (Wildman–Crippen MR) is 93.8 cm³/mol. The first-order chi connectivity index (χ1) is 12.2. The molecule has 1 aromatic carbocycles. The van der Waals surface area contributed by atoms with E-state index in [2.05, 4.69) is 27.1 Å². The Morgan fingerprint density at radius 2 is 2.08 bits per heavy atom. The third kappa shape index (κ3) is 2.94. The van der Waals surface area contributed by atoms with Gasteiger partial charge in [-0.2, -0.15) is 0 Å². The summed E-state index contributed by atoms with van der Waals surface area (Å²) in [7, 11) is 2.12. The van der Waals surface area contributed by atoms with Crippen LogP contribution in [0, 0.1) is 0 Å². The molecule has 0 bridgehead atoms. The number of aromatic nitrogens is 3. The monoisotopic (exact) mass is 341 g/mol. The average molecular weight is 341 g/mol. The number of carbonyl (C=O) groups excluding carboxylic acids is 1. The number of benzene rings is 1. The zero-order valence-corrected chi connectivity index (χ0v) is 14.4. The quantitative estimate of drug-likeness (QED) is 0.880. The molecule has 7 nitrogen and oxygen atoms in total. The van der Waals surface area contributed by atoms with Gasteiger partial charge in [-0.05, 0) is 44.6 Å². The molecule has 2 aliphatic heterocycles. The van der Waals surface area contributed by atoms with Crippen molar-refractivity contribution < 1.29 is 9.90 Å². The number of nitrogens with one attached hydrogen (secondary N) is 1. The van der Waals surface area contributed by atoms with Crippen LogP contribution in [0.3, 0.4) is 0 Å². The summed E-state index contributed by atoms with van der Waals surface area (Å²) in [5.74, 6) is 1.09. The number of aromatic amines is 1. The molecule has 1 amide bonds. The molecule has 0 radical (unpaired) electrons. The summed E-state index contributed by atoms with van der Waals surface area (Å²) < 4.78 is 0. The fraction of sp³-hybridized carbons (Fsp3) is 0.500. The van der Waals surface area contributed by atoms with Crippen LogP contribution in [0.1, 0.15) is 46.7 Å². The van der Waals surface area contributed by atoms with Crippen LogP contribution in [0.25, 0.3) is 0 Å². The maximum absolute atomic E-state index is 12.9. The zero-order valence-electron chi connectivity index (χ0n) is 14.4. The lowest BCUT2D eigenvalue weighted by Gasteiger charge is -2.27. The van der Waals surface area contributed by atoms with Crippen molar-refractivity contribution in [1.29, 1.82) is 0 Å². The number of piperidine rings is 1. The van der Waals surface area contributed by atoms with Crippen LogP contribution in [-0.4, -0.2) is 64.4 Å². The highest BCUT2D eigenvalue weighted by Crippen LogP contribution is 2.36. The molecule has 2 aromatic rings. The van der Waals surface area contributed by atoms with Crippen molar-refractivity contribution in [3.8, 4) is 0 Å². The molecule has 4 rings (SSSR count). The highest BCUT2D eigenvalue weighted by molar-refractivity contribution is 6.05. The largest absolute Gasteiger partial charge is 0.396 e. The molecule has 7 heteroatoms. The summed E-state index contributed by atoms with van der Waals surface area (Å²) >= 11 is 0. The number of fused-ring (bicyclic) bond motifs is 1. The Morgan fingerprint density at radius 1 is 1.32 bits per heavy atom. The van der Waals surface area contributed by atoms with Crippen LogP contribution in [0.2, 0.25) is 0 Å². The minimum Gasteiger partial charge on any atom is -0.396 e. The first-order valence-corrected chi connectivity index (χ1v) is 8.80. The summed E-state index contributed by atoms with van der Waals surface area (Å²) in [6.45, 7) is 2.56. The van der Waals surface area contributed by atoms with Crippen molar-refractivity contribution >= 4 is 11.6 Å². The number of nitrogens with zero attached hydrogens (tertiary/aromatic N) is 4. The maximum atomic E-state index is 12.9. The lowest BCUT2D eigenvalue weighted by Crippen LogP contribution is -2.31. The molecule has 0 saturated carbocycles. The van der Waals surface area contributed by atoms with Gasteiger partial charge in [0.1, 0.15) is 5.82 Å². The van der Waals surface area contributed by atoms with E-state index in [-0.39, 0.29) is 24.3 Å². The molecule has 1 saturated heterocycles. The summed E-state index contributed by atoms with van der Waals surface area (Å²) in [5, 5.41) is 16.7. The minimum atomic E-state index is -0.209. The number of carbonyl (C=O) groups is 1. The molecule has 3 heterocycles. The molecule has 0 aliphatic carbocycles. The van der Waals surface area contributed by atoms with Gasteiger partial charge in [0.25, 0.3) is 5.91 Å². The number of anilines is 1. The van der Waals surface area contributed by atoms with Crippen LogP contribution < -0.4 is 4.90 Å². The van der Waals surface area contributed by atoms with E-state index >= 15 is 0 Å². The van der Waals surface area contributed by atoms with E-state index in [0.29, 0.717) is 12.5 Å². The predicted octanol–water partition coefficient (Wildman–Crippen LogP) is 1.35. The Morgan fingerprint density at radius 3 is 2.84 bits per heavy atom. The molecule has 132 valence electrons. The van der Waals surface area contributed by atoms with Crippen molar-refractivity contribution in [2.75, 3.05) is 38.2 Å². The van der Waals surface area contributed by atoms with Gasteiger partial charge < -0.3 is 14.9 Å². The molecule has 1 unspecified atom stereocenters. The van der Waals surface area contributed by atoms with E-state index in [1.807, 2.05) is 24.3 Å². The zero-order chi connectivity index (χ0) is 17.4. The second-order valence-corrected chi connectivity index (χ2v) is 6.98. The van der Waals surface area contributed by atoms with Gasteiger partial charge in [0.05, 0.1) is 6.61 Å². The normalized spacial score (nSPS) is 21.5. The Kier molecular flexibility index (Phi) is 4.27. The first-order valence-electron chi connectivity index (χ1n) is 8.80. The lowest BCUT2D eigenvalue weighted by molar-refractivity contribution is 0.0977. The van der Waals surface area contributed by atoms with Crippen molar-refractivity contribution in [2.45, 2.75) is 24.7 Å². The van der Waals surface area contributed by atoms with E-state index in [9.17, 15) is 9.90 Å². The SMILES string of the molecule is CN1CCC(c2nc(C(=O)N3CC(CO)c4ccccc43)n[nH]2)CC1. The van der Waals surface area contributed by atoms with E-state index in [1.165, 1.54) is 0 Å². The number of hydrogen-bond donors (Lipinski definition) is 2. The smallest absolute Gasteiger partial charge is 0.297 e. The molecule has 1 atom stereocenters. The fourth-order valence-electron chi connectivity index (χ4n) is 3.80. The Hall–Kier alpha value is -2.25. The van der Waals surface area contributed by atoms with Crippen molar-refractivity contribution in [1.82, 2.24) is 20.1 Å². The molecule has 25 heavy (non-hydrogen) atoms. The molecule has 0 spiro atoms. The van der Waals surface area contributed by atoms with Crippen molar-refractivity contribution in [3.05, 3.63) is 41.5 Å². The van der Waals surface area contributed by atoms with Gasteiger partial charge >= 0.3 is 0 Å². The van der Waals surface area contributed by atoms with Gasteiger partial charge in [-0.1, -0.05) is 18.2 Å². The van der Waals surface area contributed by atoms with Gasteiger partial charge in [0, 0.05) is 24.1 Å². The highest BCUT2D eigenvalue weighted by atomic mass is 16.3. The number of H-pyrrole nitrogens is 1. The molecule has 2 N–H and O–H groups in total. The van der Waals surface area contributed by atoms with Crippen LogP contribution >= 0.6 is 0 Å². The Labute approximate surface area is 146 Å². The second kappa shape index (κ2) is 6.57. The van der Waals surface area contributed by atoms with Crippen LogP contribution in [0.4, 0.5) is 5.69 Å². The van der Waals surface area contributed by atoms with E-state index in [0.717, 1.165) is 43.0 Å². The summed E-state index contributed by atoms with van der Waals surface area (Å²) in [5.41, 5.74) is 1.85. The van der Waals surface area contributed by atoms with Crippen LogP contribution in [0.15, 0.2) is 24.3 Å². The number of aliphatic hydroxyl groups is 1. The van der Waals surface area contributed by atoms with Crippen molar-refractivity contribution in [3.63, 3.8) is 0 Å². The van der Waals surface area contributed by atoms with Crippen LogP contribution in [0.5, 0.6) is 0 Å². The Bertz CT molecular complexity index is 766. The Balaban J connectivity index is 1.54. The van der Waals surface area contributed by atoms with Gasteiger partial charge in [0.2, 0.25) is 5.82 Å². The highest BCUT2D eigenvalue weighted by Gasteiger charge is 2.34. The number of aliphatic hydroxyl groups excluding tert-OH is 1. The molecule has 2 aliphatic rings. The van der Waals surface area contributed by atoms with Crippen LogP contribution in [-0.2, 0) is 0 Å². The molecule has 1 fully saturated rings. The fourth-order valence-corrected chi connectivity index (χ4v) is 3.80. The van der Waals surface area contributed by atoms with Crippen molar-refractivity contribution in [2.24, 2.45) is 0 Å². The van der Waals surface area contributed by atoms with E-state index < -0.39 is 0 Å². The number of likely N-dealkylation sites (tertiary alicyclic amines) is 1. The number of rotatable bonds is 3. The number of hydrogen-bond acceptors (Lipinski definition) is 5. The third-order valence-corrected chi connectivity index (χ3v) is 5.34. The summed E-state index contributed by atoms with van der Waals surface area (Å²) in [6.07, 6.45) is 2.05. The number of amides is 1. The van der Waals surface area contributed by atoms with E-state index in [4.69, 9.17) is 0 Å². The number of para-hydroxylation sites is 1. The van der Waals surface area contributed by atoms with Gasteiger partial charge in [-0.15, -0.1) is 5.10 Å². The minimum absolute atomic E-state index is 0.0234. The van der Waals surface area contributed by atoms with E-state index in [1.54, 1.807) is 4.90 Å². The topological polar surface area (TPSA) is 85.3 Å². The van der Waals surface area contributed by atoms with Gasteiger partial charge in [-0.25, -0.2) is 4.98 Å². The first kappa shape index (κ1) is 16.2. The molecule has 1 aromatic heterocycles. The third-order valence-electron chi connectivity index (χ3n) is 5.34. The molecular weight excluding hydrogens is 318 g/mol. The van der Waals surface area contributed by atoms with Gasteiger partial charge in [-0.3, -0.25) is 9.89 Å². The van der Waals surface area contributed by atoms with Gasteiger partial charge in [0.15, 0.2) is 0 Å². The second-order valence-electron chi connectivity index (χ2n) is 6.98.